The number of hydrogen-bond acceptors (Lipinski definition) is 8. The zero-order chi connectivity index (χ0) is 23.2. The summed E-state index contributed by atoms with van der Waals surface area (Å²) in [6.45, 7) is 8.44. The van der Waals surface area contributed by atoms with Gasteiger partial charge in [0.15, 0.2) is 11.6 Å². The zero-order valence-corrected chi connectivity index (χ0v) is 20.5. The van der Waals surface area contributed by atoms with Gasteiger partial charge in [0.05, 0.1) is 34.8 Å². The van der Waals surface area contributed by atoms with E-state index >= 15 is 0 Å². The molecule has 8 heteroatoms. The summed E-state index contributed by atoms with van der Waals surface area (Å²) in [5.74, 6) is 1.84. The van der Waals surface area contributed by atoms with Crippen LogP contribution >= 0.6 is 11.3 Å². The Morgan fingerprint density at radius 1 is 1.03 bits per heavy atom. The second kappa shape index (κ2) is 8.95. The molecule has 0 saturated carbocycles. The number of benzene rings is 1. The number of thiophene rings is 1. The minimum absolute atomic E-state index is 0.734. The van der Waals surface area contributed by atoms with E-state index in [2.05, 4.69) is 57.6 Å². The molecule has 0 radical (unpaired) electrons. The van der Waals surface area contributed by atoms with Crippen molar-refractivity contribution >= 4 is 49.9 Å². The molecule has 0 unspecified atom stereocenters. The number of rotatable bonds is 4. The highest BCUT2D eigenvalue weighted by molar-refractivity contribution is 7.19. The monoisotopic (exact) mass is 484 g/mol. The Balaban J connectivity index is 1.36. The van der Waals surface area contributed by atoms with Crippen molar-refractivity contribution in [2.24, 2.45) is 4.99 Å². The van der Waals surface area contributed by atoms with Crippen molar-refractivity contribution < 1.29 is 4.74 Å². The van der Waals surface area contributed by atoms with Gasteiger partial charge in [-0.05, 0) is 12.1 Å². The molecule has 0 atom stereocenters. The molecule has 0 amide bonds. The first-order chi connectivity index (χ1) is 17.3. The standard InChI is InChI=1S/C27H28N6OS/c1-2-6-21-19(4-1)24-20(5-3-7-22(24)29-21)26-30-23-16-18(17-32-10-8-28-9-11-32)35-25(23)27(31-26)33-12-14-34-15-13-33/h1-6,16,28H,7-15,17H2. The van der Waals surface area contributed by atoms with E-state index in [1.807, 2.05) is 11.3 Å². The summed E-state index contributed by atoms with van der Waals surface area (Å²) >= 11 is 1.85. The van der Waals surface area contributed by atoms with Crippen molar-refractivity contribution in [1.82, 2.24) is 20.2 Å². The van der Waals surface area contributed by atoms with Crippen molar-refractivity contribution in [3.8, 4) is 0 Å². The molecule has 2 fully saturated rings. The van der Waals surface area contributed by atoms with Gasteiger partial charge in [-0.15, -0.1) is 11.3 Å². The summed E-state index contributed by atoms with van der Waals surface area (Å²) in [6.07, 6.45) is 5.23. The van der Waals surface area contributed by atoms with Crippen molar-refractivity contribution in [2.75, 3.05) is 57.4 Å². The number of anilines is 1. The summed E-state index contributed by atoms with van der Waals surface area (Å²) in [7, 11) is 0. The number of ether oxygens (including phenoxy) is 1. The van der Waals surface area contributed by atoms with Crippen LogP contribution in [0.25, 0.3) is 21.4 Å². The highest BCUT2D eigenvalue weighted by Gasteiger charge is 2.28. The lowest BCUT2D eigenvalue weighted by molar-refractivity contribution is 0.122. The Kier molecular flexibility index (Phi) is 5.47. The molecular weight excluding hydrogens is 456 g/mol. The van der Waals surface area contributed by atoms with Crippen molar-refractivity contribution in [3.63, 3.8) is 0 Å². The third kappa shape index (κ3) is 3.90. The maximum Gasteiger partial charge on any atom is 0.162 e. The van der Waals surface area contributed by atoms with Crippen molar-refractivity contribution in [3.05, 3.63) is 58.7 Å². The largest absolute Gasteiger partial charge is 0.378 e. The van der Waals surface area contributed by atoms with Gasteiger partial charge in [0.1, 0.15) is 0 Å². The maximum atomic E-state index is 5.65. The van der Waals surface area contributed by atoms with Gasteiger partial charge in [0, 0.05) is 73.8 Å². The number of fused-ring (bicyclic) bond motifs is 4. The minimum Gasteiger partial charge on any atom is -0.378 e. The molecule has 4 aliphatic rings. The third-order valence-corrected chi connectivity index (χ3v) is 8.23. The number of nitrogens with one attached hydrogen (secondary N) is 1. The number of morpholine rings is 1. The maximum absolute atomic E-state index is 5.65. The first kappa shape index (κ1) is 21.4. The predicted molar refractivity (Wildman–Crippen MR) is 143 cm³/mol. The van der Waals surface area contributed by atoms with E-state index in [0.29, 0.717) is 0 Å². The van der Waals surface area contributed by atoms with Gasteiger partial charge in [-0.2, -0.15) is 0 Å². The lowest BCUT2D eigenvalue weighted by Gasteiger charge is -2.28. The molecular formula is C27H28N6OS. The van der Waals surface area contributed by atoms with E-state index in [1.54, 1.807) is 0 Å². The average Bonchev–Trinajstić information content (AvgIpc) is 3.50. The SMILES string of the molecule is C1=CC(c2nc(N3CCOCC3)c3sc(CN4CCNCC4)cc3n2)=C2C(=Nc3ccccc32)C1. The van der Waals surface area contributed by atoms with Gasteiger partial charge in [-0.25, -0.2) is 9.97 Å². The van der Waals surface area contributed by atoms with Crippen LogP contribution in [0.4, 0.5) is 11.5 Å². The van der Waals surface area contributed by atoms with Gasteiger partial charge in [-0.3, -0.25) is 9.89 Å². The number of aliphatic imine (C=N–C) groups is 1. The summed E-state index contributed by atoms with van der Waals surface area (Å²) in [5, 5.41) is 3.45. The Bertz CT molecular complexity index is 1380. The molecule has 0 spiro atoms. The first-order valence-corrected chi connectivity index (χ1v) is 13.3. The molecule has 0 bridgehead atoms. The van der Waals surface area contributed by atoms with Crippen molar-refractivity contribution in [2.45, 2.75) is 13.0 Å². The molecule has 7 rings (SSSR count). The molecule has 2 saturated heterocycles. The van der Waals surface area contributed by atoms with Gasteiger partial charge >= 0.3 is 0 Å². The lowest BCUT2D eigenvalue weighted by Crippen LogP contribution is -2.42. The fraction of sp³-hybridized carbons (Fsp3) is 0.370. The van der Waals surface area contributed by atoms with E-state index < -0.39 is 0 Å². The highest BCUT2D eigenvalue weighted by atomic mass is 32.1. The number of para-hydroxylation sites is 1. The van der Waals surface area contributed by atoms with E-state index in [-0.39, 0.29) is 0 Å². The molecule has 5 heterocycles. The predicted octanol–water partition coefficient (Wildman–Crippen LogP) is 3.89. The van der Waals surface area contributed by atoms with Crippen molar-refractivity contribution in [1.29, 1.82) is 0 Å². The fourth-order valence-electron chi connectivity index (χ4n) is 5.39. The minimum atomic E-state index is 0.734. The van der Waals surface area contributed by atoms with Crippen LogP contribution in [0, 0.1) is 0 Å². The third-order valence-electron chi connectivity index (χ3n) is 7.13. The van der Waals surface area contributed by atoms with E-state index in [9.17, 15) is 0 Å². The van der Waals surface area contributed by atoms with Crippen LogP contribution in [-0.2, 0) is 11.3 Å². The Labute approximate surface area is 208 Å². The molecule has 35 heavy (non-hydrogen) atoms. The Hall–Kier alpha value is -2.91. The molecule has 3 aromatic rings. The van der Waals surface area contributed by atoms with Crippen LogP contribution in [0.1, 0.15) is 22.7 Å². The topological polar surface area (TPSA) is 65.9 Å². The van der Waals surface area contributed by atoms with Gasteiger partial charge in [-0.1, -0.05) is 30.4 Å². The van der Waals surface area contributed by atoms with E-state index in [0.717, 1.165) is 99.6 Å². The van der Waals surface area contributed by atoms with Gasteiger partial charge in [0.25, 0.3) is 0 Å². The lowest BCUT2D eigenvalue weighted by atomic mass is 9.91. The number of piperazine rings is 1. The molecule has 178 valence electrons. The zero-order valence-electron chi connectivity index (χ0n) is 19.7. The molecule has 3 aliphatic heterocycles. The molecule has 2 aromatic heterocycles. The quantitative estimate of drug-likeness (QED) is 0.606. The summed E-state index contributed by atoms with van der Waals surface area (Å²) in [4.78, 5) is 21.5. The fourth-order valence-corrected chi connectivity index (χ4v) is 6.54. The average molecular weight is 485 g/mol. The first-order valence-electron chi connectivity index (χ1n) is 12.5. The van der Waals surface area contributed by atoms with Crippen LogP contribution in [0.15, 0.2) is 47.5 Å². The highest BCUT2D eigenvalue weighted by Crippen LogP contribution is 2.43. The van der Waals surface area contributed by atoms with Crippen LogP contribution in [-0.4, -0.2) is 73.1 Å². The van der Waals surface area contributed by atoms with Crippen LogP contribution in [0.2, 0.25) is 0 Å². The van der Waals surface area contributed by atoms with Crippen LogP contribution < -0.4 is 10.2 Å². The second-order valence-corrected chi connectivity index (χ2v) is 10.5. The summed E-state index contributed by atoms with van der Waals surface area (Å²) in [6, 6.07) is 10.7. The van der Waals surface area contributed by atoms with Gasteiger partial charge < -0.3 is 15.0 Å². The van der Waals surface area contributed by atoms with Gasteiger partial charge in [0.2, 0.25) is 0 Å². The summed E-state index contributed by atoms with van der Waals surface area (Å²) < 4.78 is 6.84. The number of allylic oxidation sites excluding steroid dienone is 4. The number of aromatic nitrogens is 2. The Morgan fingerprint density at radius 2 is 1.89 bits per heavy atom. The molecule has 7 nitrogen and oxygen atoms in total. The van der Waals surface area contributed by atoms with Crippen LogP contribution in [0.5, 0.6) is 0 Å². The smallest absolute Gasteiger partial charge is 0.162 e. The number of hydrogen-bond donors (Lipinski definition) is 1. The normalized spacial score (nSPS) is 20.3. The van der Waals surface area contributed by atoms with E-state index in [4.69, 9.17) is 19.7 Å². The summed E-state index contributed by atoms with van der Waals surface area (Å²) in [5.41, 5.74) is 6.65. The Morgan fingerprint density at radius 3 is 2.77 bits per heavy atom. The molecule has 1 aromatic carbocycles. The van der Waals surface area contributed by atoms with Crippen LogP contribution in [0.3, 0.4) is 0 Å². The second-order valence-electron chi connectivity index (χ2n) is 9.39. The van der Waals surface area contributed by atoms with E-state index in [1.165, 1.54) is 20.7 Å². The molecule has 1 aliphatic carbocycles. The molecule has 1 N–H and O–H groups in total. The number of nitrogens with zero attached hydrogens (tertiary/aromatic N) is 5.